The number of carbonyl (C=O) groups excluding carboxylic acids is 1. The molecule has 2 rings (SSSR count). The average Bonchev–Trinajstić information content (AvgIpc) is 3.06. The van der Waals surface area contributed by atoms with Crippen molar-refractivity contribution < 1.29 is 24.2 Å². The van der Waals surface area contributed by atoms with E-state index in [4.69, 9.17) is 14.6 Å². The summed E-state index contributed by atoms with van der Waals surface area (Å²) in [6.45, 7) is 5.78. The second-order valence-corrected chi connectivity index (χ2v) is 5.87. The number of carboxylic acids is 1. The number of likely N-dealkylation sites (tertiary alicyclic amines) is 1. The standard InChI is InChI=1S/C18H25NO5/c1-3-5-10-24-15-7-6-13(11-16(15)23-4-2)17(20)19-9-8-14(12-19)18(21)22/h6-7,11,14H,3-5,8-10,12H2,1-2H3,(H,21,22)/t14-/m0/s1. The van der Waals surface area contributed by atoms with Gasteiger partial charge in [0, 0.05) is 18.7 Å². The predicted molar refractivity (Wildman–Crippen MR) is 89.7 cm³/mol. The number of amides is 1. The van der Waals surface area contributed by atoms with Gasteiger partial charge in [-0.3, -0.25) is 9.59 Å². The number of carbonyl (C=O) groups is 2. The van der Waals surface area contributed by atoms with Crippen molar-refractivity contribution in [1.82, 2.24) is 4.90 Å². The summed E-state index contributed by atoms with van der Waals surface area (Å²) in [7, 11) is 0. The molecule has 0 aliphatic carbocycles. The van der Waals surface area contributed by atoms with Crippen LogP contribution in [0.1, 0.15) is 43.5 Å². The summed E-state index contributed by atoms with van der Waals surface area (Å²) in [6.07, 6.45) is 2.49. The number of unbranched alkanes of at least 4 members (excludes halogenated alkanes) is 1. The van der Waals surface area contributed by atoms with Crippen molar-refractivity contribution in [3.8, 4) is 11.5 Å². The van der Waals surface area contributed by atoms with Crippen molar-refractivity contribution in [2.45, 2.75) is 33.1 Å². The third-order valence-electron chi connectivity index (χ3n) is 4.07. The molecule has 1 N–H and O–H groups in total. The molecule has 1 fully saturated rings. The molecule has 1 amide bonds. The fourth-order valence-electron chi connectivity index (χ4n) is 2.68. The maximum atomic E-state index is 12.6. The molecule has 6 heteroatoms. The summed E-state index contributed by atoms with van der Waals surface area (Å²) in [4.78, 5) is 25.2. The Bertz CT molecular complexity index is 587. The van der Waals surface area contributed by atoms with Crippen LogP contribution in [0.3, 0.4) is 0 Å². The van der Waals surface area contributed by atoms with E-state index in [-0.39, 0.29) is 12.5 Å². The predicted octanol–water partition coefficient (Wildman–Crippen LogP) is 2.81. The van der Waals surface area contributed by atoms with Gasteiger partial charge in [-0.15, -0.1) is 0 Å². The molecule has 1 saturated heterocycles. The molecule has 24 heavy (non-hydrogen) atoms. The van der Waals surface area contributed by atoms with Crippen LogP contribution in [-0.4, -0.2) is 48.2 Å². The Kier molecular flexibility index (Phi) is 6.46. The molecule has 1 aliphatic heterocycles. The topological polar surface area (TPSA) is 76.1 Å². The number of hydrogen-bond donors (Lipinski definition) is 1. The first kappa shape index (κ1) is 18.1. The zero-order chi connectivity index (χ0) is 17.5. The van der Waals surface area contributed by atoms with Gasteiger partial charge in [-0.1, -0.05) is 13.3 Å². The van der Waals surface area contributed by atoms with Crippen molar-refractivity contribution in [3.63, 3.8) is 0 Å². The molecule has 1 aliphatic rings. The number of aliphatic carboxylic acids is 1. The SMILES string of the molecule is CCCCOc1ccc(C(=O)N2CC[C@H](C(=O)O)C2)cc1OCC. The number of hydrogen-bond acceptors (Lipinski definition) is 4. The molecule has 6 nitrogen and oxygen atoms in total. The lowest BCUT2D eigenvalue weighted by Gasteiger charge is -2.18. The van der Waals surface area contributed by atoms with Crippen LogP contribution in [0.2, 0.25) is 0 Å². The van der Waals surface area contributed by atoms with Crippen molar-refractivity contribution in [3.05, 3.63) is 23.8 Å². The molecule has 0 spiro atoms. The van der Waals surface area contributed by atoms with Crippen molar-refractivity contribution in [2.24, 2.45) is 5.92 Å². The van der Waals surface area contributed by atoms with Gasteiger partial charge in [0.25, 0.3) is 5.91 Å². The van der Waals surface area contributed by atoms with Crippen LogP contribution in [0.5, 0.6) is 11.5 Å². The van der Waals surface area contributed by atoms with E-state index in [0.717, 1.165) is 12.8 Å². The molecule has 1 atom stereocenters. The molecule has 0 saturated carbocycles. The molecule has 0 radical (unpaired) electrons. The van der Waals surface area contributed by atoms with Crippen molar-refractivity contribution >= 4 is 11.9 Å². The minimum Gasteiger partial charge on any atom is -0.490 e. The van der Waals surface area contributed by atoms with E-state index in [1.54, 1.807) is 23.1 Å². The smallest absolute Gasteiger partial charge is 0.308 e. The highest BCUT2D eigenvalue weighted by molar-refractivity contribution is 5.95. The molecule has 1 heterocycles. The summed E-state index contributed by atoms with van der Waals surface area (Å²) in [5.74, 6) is -0.308. The van der Waals surface area contributed by atoms with Gasteiger partial charge < -0.3 is 19.5 Å². The van der Waals surface area contributed by atoms with Crippen LogP contribution in [0.4, 0.5) is 0 Å². The maximum absolute atomic E-state index is 12.6. The largest absolute Gasteiger partial charge is 0.490 e. The number of rotatable bonds is 8. The first-order chi connectivity index (χ1) is 11.6. The molecule has 132 valence electrons. The monoisotopic (exact) mass is 335 g/mol. The Labute approximate surface area is 142 Å². The molecule has 0 aromatic heterocycles. The summed E-state index contributed by atoms with van der Waals surface area (Å²) in [6, 6.07) is 5.14. The number of benzene rings is 1. The van der Waals surface area contributed by atoms with E-state index in [1.807, 2.05) is 6.92 Å². The van der Waals surface area contributed by atoms with Gasteiger partial charge in [-0.2, -0.15) is 0 Å². The normalized spacial score (nSPS) is 16.9. The van der Waals surface area contributed by atoms with Crippen LogP contribution in [0.15, 0.2) is 18.2 Å². The molecule has 0 bridgehead atoms. The first-order valence-corrected chi connectivity index (χ1v) is 8.48. The highest BCUT2D eigenvalue weighted by atomic mass is 16.5. The summed E-state index contributed by atoms with van der Waals surface area (Å²) in [5.41, 5.74) is 0.493. The van der Waals surface area contributed by atoms with Gasteiger partial charge in [-0.05, 0) is 38.0 Å². The lowest BCUT2D eigenvalue weighted by Crippen LogP contribution is -2.29. The number of ether oxygens (including phenoxy) is 2. The zero-order valence-electron chi connectivity index (χ0n) is 14.3. The van der Waals surface area contributed by atoms with E-state index in [0.29, 0.717) is 43.2 Å². The molecule has 1 aromatic carbocycles. The molecular formula is C18H25NO5. The van der Waals surface area contributed by atoms with Crippen LogP contribution < -0.4 is 9.47 Å². The summed E-state index contributed by atoms with van der Waals surface area (Å²) < 4.78 is 11.3. The Morgan fingerprint density at radius 2 is 2.04 bits per heavy atom. The minimum absolute atomic E-state index is 0.167. The van der Waals surface area contributed by atoms with Crippen molar-refractivity contribution in [2.75, 3.05) is 26.3 Å². The van der Waals surface area contributed by atoms with E-state index in [1.165, 1.54) is 0 Å². The lowest BCUT2D eigenvalue weighted by atomic mass is 10.1. The Balaban J connectivity index is 2.11. The molecule has 1 aromatic rings. The second-order valence-electron chi connectivity index (χ2n) is 5.87. The van der Waals surface area contributed by atoms with E-state index in [9.17, 15) is 9.59 Å². The Hall–Kier alpha value is -2.24. The van der Waals surface area contributed by atoms with Crippen LogP contribution in [0.25, 0.3) is 0 Å². The molecular weight excluding hydrogens is 310 g/mol. The lowest BCUT2D eigenvalue weighted by molar-refractivity contribution is -0.141. The molecule has 0 unspecified atom stereocenters. The average molecular weight is 335 g/mol. The fourth-order valence-corrected chi connectivity index (χ4v) is 2.68. The van der Waals surface area contributed by atoms with Crippen LogP contribution in [0, 0.1) is 5.92 Å². The third-order valence-corrected chi connectivity index (χ3v) is 4.07. The van der Waals surface area contributed by atoms with Gasteiger partial charge >= 0.3 is 5.97 Å². The number of nitrogens with zero attached hydrogens (tertiary/aromatic N) is 1. The van der Waals surface area contributed by atoms with Gasteiger partial charge in [-0.25, -0.2) is 0 Å². The fraction of sp³-hybridized carbons (Fsp3) is 0.556. The minimum atomic E-state index is -0.847. The first-order valence-electron chi connectivity index (χ1n) is 8.48. The van der Waals surface area contributed by atoms with Gasteiger partial charge in [0.05, 0.1) is 19.1 Å². The number of carboxylic acid groups (broad SMARTS) is 1. The van der Waals surface area contributed by atoms with Crippen LogP contribution >= 0.6 is 0 Å². The van der Waals surface area contributed by atoms with Crippen LogP contribution in [-0.2, 0) is 4.79 Å². The zero-order valence-corrected chi connectivity index (χ0v) is 14.3. The highest BCUT2D eigenvalue weighted by Crippen LogP contribution is 2.30. The summed E-state index contributed by atoms with van der Waals surface area (Å²) in [5, 5.41) is 9.06. The van der Waals surface area contributed by atoms with Gasteiger partial charge in [0.1, 0.15) is 0 Å². The van der Waals surface area contributed by atoms with E-state index < -0.39 is 11.9 Å². The maximum Gasteiger partial charge on any atom is 0.308 e. The second kappa shape index (κ2) is 8.57. The summed E-state index contributed by atoms with van der Waals surface area (Å²) >= 11 is 0. The van der Waals surface area contributed by atoms with Gasteiger partial charge in [0.15, 0.2) is 11.5 Å². The quantitative estimate of drug-likeness (QED) is 0.739. The van der Waals surface area contributed by atoms with E-state index in [2.05, 4.69) is 6.92 Å². The van der Waals surface area contributed by atoms with Gasteiger partial charge in [0.2, 0.25) is 0 Å². The van der Waals surface area contributed by atoms with E-state index >= 15 is 0 Å². The Morgan fingerprint density at radius 3 is 2.67 bits per heavy atom. The Morgan fingerprint density at radius 1 is 1.25 bits per heavy atom. The third kappa shape index (κ3) is 4.40. The van der Waals surface area contributed by atoms with Crippen molar-refractivity contribution in [1.29, 1.82) is 0 Å². The highest BCUT2D eigenvalue weighted by Gasteiger charge is 2.31.